The lowest BCUT2D eigenvalue weighted by atomic mass is 9.96. The molecule has 0 unspecified atom stereocenters. The third kappa shape index (κ3) is 4.64. The number of nitrogens with zero attached hydrogens (tertiary/aromatic N) is 1. The molecule has 1 rings (SSSR count). The van der Waals surface area contributed by atoms with Crippen molar-refractivity contribution in [1.29, 1.82) is 0 Å². The summed E-state index contributed by atoms with van der Waals surface area (Å²) >= 11 is 0. The molecule has 0 aromatic heterocycles. The zero-order chi connectivity index (χ0) is 12.9. The second kappa shape index (κ2) is 6.36. The van der Waals surface area contributed by atoms with Crippen molar-refractivity contribution in [3.8, 4) is 0 Å². The number of rotatable bonds is 5. The van der Waals surface area contributed by atoms with Crippen LogP contribution in [0.4, 0.5) is 0 Å². The maximum absolute atomic E-state index is 11.4. The van der Waals surface area contributed by atoms with Crippen LogP contribution in [0.25, 0.3) is 0 Å². The predicted molar refractivity (Wildman–Crippen MR) is 66.9 cm³/mol. The molecule has 0 radical (unpaired) electrons. The Morgan fingerprint density at radius 3 is 2.35 bits per heavy atom. The summed E-state index contributed by atoms with van der Waals surface area (Å²) < 4.78 is 10.2. The van der Waals surface area contributed by atoms with Crippen LogP contribution in [0.5, 0.6) is 0 Å². The van der Waals surface area contributed by atoms with Gasteiger partial charge in [0.25, 0.3) is 0 Å². The summed E-state index contributed by atoms with van der Waals surface area (Å²) in [4.78, 5) is 13.8. The molecule has 1 aliphatic rings. The van der Waals surface area contributed by atoms with Gasteiger partial charge in [-0.25, -0.2) is 0 Å². The van der Waals surface area contributed by atoms with Gasteiger partial charge in [-0.3, -0.25) is 4.79 Å². The molecular weight excluding hydrogens is 218 g/mol. The normalized spacial score (nSPS) is 19.3. The number of piperidine rings is 1. The first-order valence-electron chi connectivity index (χ1n) is 6.34. The van der Waals surface area contributed by atoms with Crippen LogP contribution in [-0.4, -0.2) is 50.3 Å². The summed E-state index contributed by atoms with van der Waals surface area (Å²) in [5, 5.41) is 0. The average Bonchev–Trinajstić information content (AvgIpc) is 2.36. The van der Waals surface area contributed by atoms with E-state index in [0.29, 0.717) is 0 Å². The Morgan fingerprint density at radius 1 is 1.29 bits per heavy atom. The Hall–Kier alpha value is -0.610. The zero-order valence-electron chi connectivity index (χ0n) is 11.5. The molecule has 1 aliphatic heterocycles. The maximum Gasteiger partial charge on any atom is 0.308 e. The van der Waals surface area contributed by atoms with Crippen molar-refractivity contribution in [2.45, 2.75) is 38.7 Å². The summed E-state index contributed by atoms with van der Waals surface area (Å²) in [7, 11) is 3.22. The van der Waals surface area contributed by atoms with Crippen LogP contribution >= 0.6 is 0 Å². The number of hydrogen-bond donors (Lipinski definition) is 0. The third-order valence-corrected chi connectivity index (χ3v) is 3.70. The number of carbonyl (C=O) groups excluding carboxylic acids is 1. The molecule has 1 heterocycles. The van der Waals surface area contributed by atoms with Crippen molar-refractivity contribution in [2.75, 3.05) is 33.9 Å². The minimum Gasteiger partial charge on any atom is -0.469 e. The highest BCUT2D eigenvalue weighted by molar-refractivity contribution is 5.72. The monoisotopic (exact) mass is 243 g/mol. The van der Waals surface area contributed by atoms with Crippen LogP contribution in [-0.2, 0) is 14.3 Å². The van der Waals surface area contributed by atoms with Crippen molar-refractivity contribution in [3.63, 3.8) is 0 Å². The molecule has 0 aliphatic carbocycles. The first kappa shape index (κ1) is 14.5. The Bertz CT molecular complexity index is 245. The van der Waals surface area contributed by atoms with Gasteiger partial charge in [0.15, 0.2) is 0 Å². The van der Waals surface area contributed by atoms with E-state index in [0.717, 1.165) is 38.9 Å². The van der Waals surface area contributed by atoms with E-state index in [1.54, 1.807) is 7.11 Å². The number of carbonyl (C=O) groups is 1. The Kier molecular flexibility index (Phi) is 5.40. The summed E-state index contributed by atoms with van der Waals surface area (Å²) in [6, 6.07) is 0. The highest BCUT2D eigenvalue weighted by Crippen LogP contribution is 2.20. The molecule has 100 valence electrons. The number of esters is 1. The van der Waals surface area contributed by atoms with Gasteiger partial charge in [-0.15, -0.1) is 0 Å². The topological polar surface area (TPSA) is 38.8 Å². The standard InChI is InChI=1S/C13H25NO3/c1-13(2,17-4)7-10-14-8-5-11(6-9-14)12(15)16-3/h11H,5-10H2,1-4H3. The van der Waals surface area contributed by atoms with Gasteiger partial charge >= 0.3 is 5.97 Å². The third-order valence-electron chi connectivity index (χ3n) is 3.70. The van der Waals surface area contributed by atoms with Crippen molar-refractivity contribution < 1.29 is 14.3 Å². The van der Waals surface area contributed by atoms with E-state index in [2.05, 4.69) is 18.7 Å². The van der Waals surface area contributed by atoms with E-state index in [1.165, 1.54) is 7.11 Å². The van der Waals surface area contributed by atoms with Crippen LogP contribution in [0.3, 0.4) is 0 Å². The number of methoxy groups -OCH3 is 2. The Morgan fingerprint density at radius 2 is 1.88 bits per heavy atom. The SMILES string of the molecule is COC(=O)C1CCN(CCC(C)(C)OC)CC1. The molecule has 17 heavy (non-hydrogen) atoms. The number of ether oxygens (including phenoxy) is 2. The summed E-state index contributed by atoms with van der Waals surface area (Å²) in [6.45, 7) is 7.22. The molecule has 0 amide bonds. The fraction of sp³-hybridized carbons (Fsp3) is 0.923. The van der Waals surface area contributed by atoms with Crippen LogP contribution in [0, 0.1) is 5.92 Å². The lowest BCUT2D eigenvalue weighted by molar-refractivity contribution is -0.147. The highest BCUT2D eigenvalue weighted by atomic mass is 16.5. The largest absolute Gasteiger partial charge is 0.469 e. The Balaban J connectivity index is 2.26. The predicted octanol–water partition coefficient (Wildman–Crippen LogP) is 1.69. The maximum atomic E-state index is 11.4. The van der Waals surface area contributed by atoms with E-state index in [1.807, 2.05) is 0 Å². The average molecular weight is 243 g/mol. The van der Waals surface area contributed by atoms with Gasteiger partial charge in [0, 0.05) is 13.7 Å². The number of likely N-dealkylation sites (tertiary alicyclic amines) is 1. The lowest BCUT2D eigenvalue weighted by Gasteiger charge is -2.33. The van der Waals surface area contributed by atoms with Crippen LogP contribution in [0.1, 0.15) is 33.1 Å². The summed E-state index contributed by atoms with van der Waals surface area (Å²) in [5.41, 5.74) is -0.0564. The van der Waals surface area contributed by atoms with Crippen molar-refractivity contribution >= 4 is 5.97 Å². The zero-order valence-corrected chi connectivity index (χ0v) is 11.5. The van der Waals surface area contributed by atoms with Gasteiger partial charge in [0.05, 0.1) is 18.6 Å². The van der Waals surface area contributed by atoms with E-state index < -0.39 is 0 Å². The van der Waals surface area contributed by atoms with Gasteiger partial charge in [-0.1, -0.05) is 0 Å². The first-order valence-corrected chi connectivity index (χ1v) is 6.34. The molecule has 4 nitrogen and oxygen atoms in total. The first-order chi connectivity index (χ1) is 7.98. The van der Waals surface area contributed by atoms with E-state index in [9.17, 15) is 4.79 Å². The number of hydrogen-bond acceptors (Lipinski definition) is 4. The second-order valence-corrected chi connectivity index (χ2v) is 5.35. The van der Waals surface area contributed by atoms with Gasteiger partial charge in [-0.2, -0.15) is 0 Å². The quantitative estimate of drug-likeness (QED) is 0.689. The van der Waals surface area contributed by atoms with Crippen molar-refractivity contribution in [2.24, 2.45) is 5.92 Å². The summed E-state index contributed by atoms with van der Waals surface area (Å²) in [6.07, 6.45) is 2.85. The van der Waals surface area contributed by atoms with Gasteiger partial charge in [-0.05, 0) is 46.2 Å². The van der Waals surface area contributed by atoms with E-state index in [4.69, 9.17) is 9.47 Å². The Labute approximate surface area is 104 Å². The summed E-state index contributed by atoms with van der Waals surface area (Å²) in [5.74, 6) is 0.0496. The fourth-order valence-corrected chi connectivity index (χ4v) is 2.09. The van der Waals surface area contributed by atoms with E-state index in [-0.39, 0.29) is 17.5 Å². The van der Waals surface area contributed by atoms with Gasteiger partial charge < -0.3 is 14.4 Å². The molecule has 4 heteroatoms. The van der Waals surface area contributed by atoms with Crippen LogP contribution in [0.2, 0.25) is 0 Å². The molecule has 0 saturated carbocycles. The minimum atomic E-state index is -0.0564. The molecule has 0 spiro atoms. The minimum absolute atomic E-state index is 0.0538. The smallest absolute Gasteiger partial charge is 0.308 e. The lowest BCUT2D eigenvalue weighted by Crippen LogP contribution is -2.39. The van der Waals surface area contributed by atoms with Gasteiger partial charge in [0.1, 0.15) is 0 Å². The molecule has 1 saturated heterocycles. The highest BCUT2D eigenvalue weighted by Gasteiger charge is 2.26. The van der Waals surface area contributed by atoms with Crippen molar-refractivity contribution in [1.82, 2.24) is 4.90 Å². The molecule has 0 atom stereocenters. The fourth-order valence-electron chi connectivity index (χ4n) is 2.09. The van der Waals surface area contributed by atoms with Crippen LogP contribution in [0.15, 0.2) is 0 Å². The molecule has 0 bridgehead atoms. The molecule has 0 aromatic rings. The molecule has 0 N–H and O–H groups in total. The molecule has 1 fully saturated rings. The molecule has 0 aromatic carbocycles. The van der Waals surface area contributed by atoms with Crippen LogP contribution < -0.4 is 0 Å². The van der Waals surface area contributed by atoms with E-state index >= 15 is 0 Å². The van der Waals surface area contributed by atoms with Crippen molar-refractivity contribution in [3.05, 3.63) is 0 Å². The molecular formula is C13H25NO3. The van der Waals surface area contributed by atoms with Gasteiger partial charge in [0.2, 0.25) is 0 Å². The second-order valence-electron chi connectivity index (χ2n) is 5.35.